The summed E-state index contributed by atoms with van der Waals surface area (Å²) in [5.41, 5.74) is 1.26. The Morgan fingerprint density at radius 3 is 2.76 bits per heavy atom. The second-order valence-corrected chi connectivity index (χ2v) is 5.69. The van der Waals surface area contributed by atoms with Crippen molar-refractivity contribution < 1.29 is 4.74 Å². The number of nitrogens with zero attached hydrogens (tertiary/aromatic N) is 2. The zero-order valence-electron chi connectivity index (χ0n) is 10.6. The summed E-state index contributed by atoms with van der Waals surface area (Å²) in [4.78, 5) is 6.69. The predicted molar refractivity (Wildman–Crippen MR) is 72.6 cm³/mol. The van der Waals surface area contributed by atoms with E-state index >= 15 is 0 Å². The first-order chi connectivity index (χ1) is 8.29. The molecular formula is C13H20N2OS. The van der Waals surface area contributed by atoms with Crippen molar-refractivity contribution >= 4 is 11.8 Å². The number of rotatable bonds is 4. The summed E-state index contributed by atoms with van der Waals surface area (Å²) in [6.45, 7) is 0.978. The minimum atomic E-state index is 0.686. The Morgan fingerprint density at radius 1 is 1.41 bits per heavy atom. The molecule has 0 N–H and O–H groups in total. The van der Waals surface area contributed by atoms with Crippen LogP contribution in [0.5, 0.6) is 5.88 Å². The average Bonchev–Trinajstić information content (AvgIpc) is 2.40. The van der Waals surface area contributed by atoms with E-state index in [1.165, 1.54) is 29.9 Å². The Labute approximate surface area is 108 Å². The molecule has 94 valence electrons. The lowest BCUT2D eigenvalue weighted by molar-refractivity contribution is 0.221. The normalized spacial score (nSPS) is 17.4. The highest BCUT2D eigenvalue weighted by atomic mass is 32.2. The molecule has 1 aromatic heterocycles. The SMILES string of the molecule is COc1ccc(CN(C)C2CCSCC2)cn1. The molecule has 1 aliphatic rings. The van der Waals surface area contributed by atoms with Gasteiger partial charge in [-0.3, -0.25) is 4.90 Å². The summed E-state index contributed by atoms with van der Waals surface area (Å²) in [7, 11) is 3.86. The Morgan fingerprint density at radius 2 is 2.18 bits per heavy atom. The molecule has 0 saturated carbocycles. The first-order valence-corrected chi connectivity index (χ1v) is 7.22. The molecule has 2 heterocycles. The molecule has 0 amide bonds. The molecule has 1 fully saturated rings. The third kappa shape index (κ3) is 3.61. The van der Waals surface area contributed by atoms with Gasteiger partial charge in [0.2, 0.25) is 5.88 Å². The Hall–Kier alpha value is -0.740. The van der Waals surface area contributed by atoms with Crippen LogP contribution in [-0.4, -0.2) is 41.6 Å². The summed E-state index contributed by atoms with van der Waals surface area (Å²) >= 11 is 2.07. The zero-order chi connectivity index (χ0) is 12.1. The average molecular weight is 252 g/mol. The summed E-state index contributed by atoms with van der Waals surface area (Å²) < 4.78 is 5.06. The monoisotopic (exact) mass is 252 g/mol. The van der Waals surface area contributed by atoms with Crippen LogP contribution in [-0.2, 0) is 6.54 Å². The smallest absolute Gasteiger partial charge is 0.212 e. The van der Waals surface area contributed by atoms with Crippen molar-refractivity contribution in [3.05, 3.63) is 23.9 Å². The van der Waals surface area contributed by atoms with Crippen LogP contribution in [0.4, 0.5) is 0 Å². The van der Waals surface area contributed by atoms with Gasteiger partial charge in [0.25, 0.3) is 0 Å². The lowest BCUT2D eigenvalue weighted by Crippen LogP contribution is -2.34. The van der Waals surface area contributed by atoms with E-state index < -0.39 is 0 Å². The van der Waals surface area contributed by atoms with Gasteiger partial charge in [-0.25, -0.2) is 4.98 Å². The van der Waals surface area contributed by atoms with E-state index in [0.717, 1.165) is 12.6 Å². The number of hydrogen-bond acceptors (Lipinski definition) is 4. The van der Waals surface area contributed by atoms with E-state index in [-0.39, 0.29) is 0 Å². The fraction of sp³-hybridized carbons (Fsp3) is 0.615. The minimum Gasteiger partial charge on any atom is -0.481 e. The third-order valence-electron chi connectivity index (χ3n) is 3.25. The quantitative estimate of drug-likeness (QED) is 0.822. The van der Waals surface area contributed by atoms with Crippen molar-refractivity contribution in [1.29, 1.82) is 0 Å². The number of hydrogen-bond donors (Lipinski definition) is 0. The first kappa shape index (κ1) is 12.7. The van der Waals surface area contributed by atoms with Crippen molar-refractivity contribution in [3.8, 4) is 5.88 Å². The number of ether oxygens (including phenoxy) is 1. The van der Waals surface area contributed by atoms with Gasteiger partial charge in [0.1, 0.15) is 0 Å². The molecule has 3 nitrogen and oxygen atoms in total. The lowest BCUT2D eigenvalue weighted by Gasteiger charge is -2.30. The molecule has 0 aromatic carbocycles. The van der Waals surface area contributed by atoms with Crippen molar-refractivity contribution in [3.63, 3.8) is 0 Å². The molecule has 4 heteroatoms. The van der Waals surface area contributed by atoms with Crippen molar-refractivity contribution in [2.24, 2.45) is 0 Å². The van der Waals surface area contributed by atoms with Crippen LogP contribution < -0.4 is 4.74 Å². The predicted octanol–water partition coefficient (Wildman–Crippen LogP) is 2.42. The maximum absolute atomic E-state index is 5.06. The lowest BCUT2D eigenvalue weighted by atomic mass is 10.1. The maximum Gasteiger partial charge on any atom is 0.212 e. The first-order valence-electron chi connectivity index (χ1n) is 6.06. The Balaban J connectivity index is 1.89. The maximum atomic E-state index is 5.06. The highest BCUT2D eigenvalue weighted by Crippen LogP contribution is 2.22. The molecule has 1 aliphatic heterocycles. The van der Waals surface area contributed by atoms with Crippen molar-refractivity contribution in [2.75, 3.05) is 25.7 Å². The molecule has 1 aromatic rings. The number of thioether (sulfide) groups is 1. The second-order valence-electron chi connectivity index (χ2n) is 4.47. The van der Waals surface area contributed by atoms with Crippen LogP contribution in [0.1, 0.15) is 18.4 Å². The van der Waals surface area contributed by atoms with Crippen LogP contribution in [0.15, 0.2) is 18.3 Å². The van der Waals surface area contributed by atoms with Gasteiger partial charge < -0.3 is 4.74 Å². The van der Waals surface area contributed by atoms with Crippen LogP contribution in [0, 0.1) is 0 Å². The topological polar surface area (TPSA) is 25.4 Å². The summed E-state index contributed by atoms with van der Waals surface area (Å²) in [6, 6.07) is 4.76. The molecule has 1 saturated heterocycles. The fourth-order valence-corrected chi connectivity index (χ4v) is 3.25. The van der Waals surface area contributed by atoms with Gasteiger partial charge >= 0.3 is 0 Å². The number of aromatic nitrogens is 1. The summed E-state index contributed by atoms with van der Waals surface area (Å²) in [6.07, 6.45) is 4.53. The molecular weight excluding hydrogens is 232 g/mol. The Bertz CT molecular complexity index is 336. The number of methoxy groups -OCH3 is 1. The van der Waals surface area contributed by atoms with Crippen LogP contribution in [0.25, 0.3) is 0 Å². The summed E-state index contributed by atoms with van der Waals surface area (Å²) in [5.74, 6) is 3.29. The van der Waals surface area contributed by atoms with Crippen LogP contribution in [0.3, 0.4) is 0 Å². The molecule has 0 bridgehead atoms. The van der Waals surface area contributed by atoms with Gasteiger partial charge in [0.15, 0.2) is 0 Å². The highest BCUT2D eigenvalue weighted by Gasteiger charge is 2.18. The van der Waals surface area contributed by atoms with Crippen LogP contribution in [0.2, 0.25) is 0 Å². The molecule has 0 spiro atoms. The van der Waals surface area contributed by atoms with Gasteiger partial charge in [0, 0.05) is 24.8 Å². The van der Waals surface area contributed by atoms with E-state index in [1.807, 2.05) is 12.3 Å². The van der Waals surface area contributed by atoms with Crippen molar-refractivity contribution in [1.82, 2.24) is 9.88 Å². The van der Waals surface area contributed by atoms with E-state index in [1.54, 1.807) is 7.11 Å². The van der Waals surface area contributed by atoms with E-state index in [4.69, 9.17) is 4.74 Å². The molecule has 2 rings (SSSR count). The summed E-state index contributed by atoms with van der Waals surface area (Å²) in [5, 5.41) is 0. The van der Waals surface area contributed by atoms with Crippen LogP contribution >= 0.6 is 11.8 Å². The van der Waals surface area contributed by atoms with Gasteiger partial charge in [-0.2, -0.15) is 11.8 Å². The minimum absolute atomic E-state index is 0.686. The van der Waals surface area contributed by atoms with Gasteiger partial charge in [-0.15, -0.1) is 0 Å². The second kappa shape index (κ2) is 6.26. The molecule has 0 unspecified atom stereocenters. The van der Waals surface area contributed by atoms with Gasteiger partial charge in [-0.05, 0) is 37.0 Å². The van der Waals surface area contributed by atoms with Gasteiger partial charge in [0.05, 0.1) is 7.11 Å². The molecule has 0 aliphatic carbocycles. The van der Waals surface area contributed by atoms with Gasteiger partial charge in [-0.1, -0.05) is 6.07 Å². The number of pyridine rings is 1. The third-order valence-corrected chi connectivity index (χ3v) is 4.30. The zero-order valence-corrected chi connectivity index (χ0v) is 11.4. The Kier molecular flexibility index (Phi) is 4.68. The largest absolute Gasteiger partial charge is 0.481 e. The highest BCUT2D eigenvalue weighted by molar-refractivity contribution is 7.99. The molecule has 17 heavy (non-hydrogen) atoms. The molecule has 0 atom stereocenters. The van der Waals surface area contributed by atoms with Crippen molar-refractivity contribution in [2.45, 2.75) is 25.4 Å². The fourth-order valence-electron chi connectivity index (χ4n) is 2.17. The van der Waals surface area contributed by atoms with E-state index in [9.17, 15) is 0 Å². The molecule has 0 radical (unpaired) electrons. The standard InChI is InChI=1S/C13H20N2OS/c1-15(12-5-7-17-8-6-12)10-11-3-4-13(16-2)14-9-11/h3-4,9,12H,5-8,10H2,1-2H3. The van der Waals surface area contributed by atoms with E-state index in [0.29, 0.717) is 5.88 Å². The van der Waals surface area contributed by atoms with E-state index in [2.05, 4.69) is 34.8 Å².